The second-order valence-corrected chi connectivity index (χ2v) is 9.54. The molecule has 0 bridgehead atoms. The first-order chi connectivity index (χ1) is 16.4. The second-order valence-electron chi connectivity index (χ2n) is 7.58. The van der Waals surface area contributed by atoms with Gasteiger partial charge in [-0.3, -0.25) is 9.55 Å². The van der Waals surface area contributed by atoms with Gasteiger partial charge in [0.2, 0.25) is 0 Å². The maximum atomic E-state index is 6.29. The first kappa shape index (κ1) is 20.3. The van der Waals surface area contributed by atoms with Crippen molar-refractivity contribution in [3.8, 4) is 34.0 Å². The minimum atomic E-state index is 0.243. The highest BCUT2D eigenvalue weighted by Gasteiger charge is 2.29. The third kappa shape index (κ3) is 3.96. The third-order valence-corrected chi connectivity index (χ3v) is 7.51. The molecule has 0 fully saturated rings. The summed E-state index contributed by atoms with van der Waals surface area (Å²) in [5.41, 5.74) is 3.91. The lowest BCUT2D eigenvalue weighted by Gasteiger charge is -2.12. The number of hydrogen-bond donors (Lipinski definition) is 0. The van der Waals surface area contributed by atoms with Crippen LogP contribution in [0, 0.1) is 0 Å². The van der Waals surface area contributed by atoms with Crippen molar-refractivity contribution in [2.45, 2.75) is 16.4 Å². The summed E-state index contributed by atoms with van der Waals surface area (Å²) in [6, 6.07) is 24.5. The van der Waals surface area contributed by atoms with Gasteiger partial charge in [-0.25, -0.2) is 4.98 Å². The predicted molar refractivity (Wildman–Crippen MR) is 131 cm³/mol. The molecule has 0 saturated carbocycles. The van der Waals surface area contributed by atoms with E-state index in [1.807, 2.05) is 54.7 Å². The fraction of sp³-hybridized carbons (Fsp3) is 0.120. The Labute approximate surface area is 199 Å². The average molecular weight is 470 g/mol. The summed E-state index contributed by atoms with van der Waals surface area (Å²) in [6.45, 7) is 0. The minimum absolute atomic E-state index is 0.243. The molecule has 1 unspecified atom stereocenters. The summed E-state index contributed by atoms with van der Waals surface area (Å²) in [5, 5.41) is 10.4. The number of hydrogen-bond acceptors (Lipinski definition) is 7. The Morgan fingerprint density at radius 1 is 0.909 bits per heavy atom. The van der Waals surface area contributed by atoms with Crippen molar-refractivity contribution < 1.29 is 4.42 Å². The van der Waals surface area contributed by atoms with Crippen molar-refractivity contribution in [2.24, 2.45) is 0 Å². The van der Waals surface area contributed by atoms with Crippen LogP contribution in [-0.2, 0) is 0 Å². The molecule has 4 heterocycles. The van der Waals surface area contributed by atoms with Crippen molar-refractivity contribution >= 4 is 23.5 Å². The van der Waals surface area contributed by atoms with Crippen LogP contribution in [0.5, 0.6) is 0 Å². The highest BCUT2D eigenvalue weighted by molar-refractivity contribution is 8.00. The van der Waals surface area contributed by atoms with E-state index in [2.05, 4.69) is 44.0 Å². The maximum absolute atomic E-state index is 6.29. The second kappa shape index (κ2) is 8.88. The third-order valence-electron chi connectivity index (χ3n) is 5.44. The van der Waals surface area contributed by atoms with Crippen LogP contribution in [-0.4, -0.2) is 36.2 Å². The molecule has 0 amide bonds. The summed E-state index contributed by atoms with van der Waals surface area (Å²) in [4.78, 5) is 9.12. The van der Waals surface area contributed by atoms with E-state index in [4.69, 9.17) is 9.40 Å². The zero-order valence-corrected chi connectivity index (χ0v) is 19.2. The molecule has 1 atom stereocenters. The maximum Gasteiger partial charge on any atom is 0.256 e. The lowest BCUT2D eigenvalue weighted by molar-refractivity contribution is 0.464. The summed E-state index contributed by atoms with van der Waals surface area (Å²) in [5.74, 6) is 3.42. The molecule has 6 rings (SSSR count). The van der Waals surface area contributed by atoms with Gasteiger partial charge in [0.15, 0.2) is 16.7 Å². The van der Waals surface area contributed by atoms with Gasteiger partial charge < -0.3 is 4.42 Å². The Balaban J connectivity index is 1.29. The molecule has 33 heavy (non-hydrogen) atoms. The summed E-state index contributed by atoms with van der Waals surface area (Å²) < 4.78 is 8.51. The smallest absolute Gasteiger partial charge is 0.256 e. The largest absolute Gasteiger partial charge is 0.431 e. The number of rotatable bonds is 6. The van der Waals surface area contributed by atoms with Gasteiger partial charge in [-0.2, -0.15) is 0 Å². The Bertz CT molecular complexity index is 1310. The molecule has 0 aliphatic carbocycles. The number of fused-ring (bicyclic) bond motifs is 1. The van der Waals surface area contributed by atoms with E-state index in [0.717, 1.165) is 50.6 Å². The topological polar surface area (TPSA) is 69.6 Å². The summed E-state index contributed by atoms with van der Waals surface area (Å²) in [7, 11) is 0. The monoisotopic (exact) mass is 469 g/mol. The zero-order chi connectivity index (χ0) is 22.0. The van der Waals surface area contributed by atoms with E-state index in [1.165, 1.54) is 0 Å². The fourth-order valence-electron chi connectivity index (χ4n) is 3.87. The fourth-order valence-corrected chi connectivity index (χ4v) is 6.00. The zero-order valence-electron chi connectivity index (χ0n) is 17.5. The van der Waals surface area contributed by atoms with Crippen LogP contribution in [0.4, 0.5) is 0 Å². The molecule has 0 N–H and O–H groups in total. The Hall–Kier alpha value is -3.36. The van der Waals surface area contributed by atoms with Crippen molar-refractivity contribution in [3.63, 3.8) is 0 Å². The number of oxazole rings is 1. The molecule has 0 saturated heterocycles. The molecule has 0 radical (unpaired) electrons. The molecule has 2 aromatic carbocycles. The molecule has 8 heteroatoms. The van der Waals surface area contributed by atoms with Gasteiger partial charge >= 0.3 is 0 Å². The highest BCUT2D eigenvalue weighted by atomic mass is 32.2. The van der Waals surface area contributed by atoms with Crippen LogP contribution in [0.1, 0.15) is 6.04 Å². The van der Waals surface area contributed by atoms with Crippen LogP contribution in [0.15, 0.2) is 100.0 Å². The number of nitrogens with zero attached hydrogens (tertiary/aromatic N) is 5. The van der Waals surface area contributed by atoms with Gasteiger partial charge in [-0.1, -0.05) is 84.2 Å². The van der Waals surface area contributed by atoms with E-state index in [-0.39, 0.29) is 6.04 Å². The summed E-state index contributed by atoms with van der Waals surface area (Å²) in [6.07, 6.45) is 3.60. The normalized spacial score (nSPS) is 15.0. The lowest BCUT2D eigenvalue weighted by atomic mass is 10.1. The molecular formula is C25H19N5OS2. The highest BCUT2D eigenvalue weighted by Crippen LogP contribution is 2.40. The van der Waals surface area contributed by atoms with E-state index in [9.17, 15) is 0 Å². The molecule has 6 nitrogen and oxygen atoms in total. The number of pyridine rings is 1. The summed E-state index contributed by atoms with van der Waals surface area (Å²) >= 11 is 3.36. The van der Waals surface area contributed by atoms with Crippen molar-refractivity contribution in [3.05, 3.63) is 85.2 Å². The van der Waals surface area contributed by atoms with E-state index in [1.54, 1.807) is 29.7 Å². The van der Waals surface area contributed by atoms with Gasteiger partial charge in [-0.05, 0) is 12.1 Å². The quantitative estimate of drug-likeness (QED) is 0.278. The van der Waals surface area contributed by atoms with Gasteiger partial charge in [0.05, 0.1) is 6.04 Å². The lowest BCUT2D eigenvalue weighted by Crippen LogP contribution is -2.11. The Morgan fingerprint density at radius 2 is 1.67 bits per heavy atom. The molecule has 1 aliphatic rings. The van der Waals surface area contributed by atoms with Crippen LogP contribution in [0.2, 0.25) is 0 Å². The molecule has 0 spiro atoms. The van der Waals surface area contributed by atoms with Crippen LogP contribution in [0.25, 0.3) is 34.0 Å². The van der Waals surface area contributed by atoms with Gasteiger partial charge in [0, 0.05) is 40.6 Å². The predicted octanol–water partition coefficient (Wildman–Crippen LogP) is 6.10. The van der Waals surface area contributed by atoms with Gasteiger partial charge in [0.25, 0.3) is 5.22 Å². The Kier molecular flexibility index (Phi) is 5.45. The standard InChI is InChI=1S/C25H19N5OS2/c1-3-8-17(9-4-1)21-22(18-10-5-2-6-11-18)31-25(27-21)33-16-20-15-32-24-29-28-23(30(20)24)19-12-7-13-26-14-19/h1-14,20H,15-16H2. The SMILES string of the molecule is c1ccc(-c2nc(SCC3CSc4nnc(-c5cccnc5)n43)oc2-c2ccccc2)cc1. The first-order valence-corrected chi connectivity index (χ1v) is 12.6. The molecule has 1 aliphatic heterocycles. The van der Waals surface area contributed by atoms with E-state index < -0.39 is 0 Å². The van der Waals surface area contributed by atoms with Gasteiger partial charge in [0.1, 0.15) is 5.69 Å². The van der Waals surface area contributed by atoms with Gasteiger partial charge in [-0.15, -0.1) is 10.2 Å². The van der Waals surface area contributed by atoms with E-state index in [0.29, 0.717) is 5.22 Å². The molecular weight excluding hydrogens is 450 g/mol. The van der Waals surface area contributed by atoms with E-state index >= 15 is 0 Å². The van der Waals surface area contributed by atoms with Crippen LogP contribution in [0.3, 0.4) is 0 Å². The average Bonchev–Trinajstić information content (AvgIpc) is 3.60. The first-order valence-electron chi connectivity index (χ1n) is 10.6. The number of thioether (sulfide) groups is 2. The van der Waals surface area contributed by atoms with Crippen molar-refractivity contribution in [1.82, 2.24) is 24.7 Å². The minimum Gasteiger partial charge on any atom is -0.431 e. The number of benzene rings is 2. The van der Waals surface area contributed by atoms with Crippen molar-refractivity contribution in [2.75, 3.05) is 11.5 Å². The van der Waals surface area contributed by atoms with Crippen LogP contribution < -0.4 is 0 Å². The Morgan fingerprint density at radius 3 is 2.42 bits per heavy atom. The van der Waals surface area contributed by atoms with Crippen molar-refractivity contribution in [1.29, 1.82) is 0 Å². The molecule has 162 valence electrons. The van der Waals surface area contributed by atoms with Crippen LogP contribution >= 0.6 is 23.5 Å². The molecule has 3 aromatic heterocycles. The molecule has 5 aromatic rings. The number of aromatic nitrogens is 5.